The molecule has 7 heteroatoms. The lowest BCUT2D eigenvalue weighted by Crippen LogP contribution is -2.30. The molecule has 1 atom stereocenters. The van der Waals surface area contributed by atoms with Gasteiger partial charge in [-0.25, -0.2) is 4.98 Å². The summed E-state index contributed by atoms with van der Waals surface area (Å²) < 4.78 is 6.19. The number of furan rings is 1. The normalized spacial score (nSPS) is 16.5. The fraction of sp³-hybridized carbons (Fsp3) is 0.125. The maximum absolute atomic E-state index is 13.2. The van der Waals surface area contributed by atoms with Gasteiger partial charge in [-0.3, -0.25) is 14.5 Å². The van der Waals surface area contributed by atoms with Crippen LogP contribution in [0.15, 0.2) is 76.6 Å². The van der Waals surface area contributed by atoms with E-state index < -0.39 is 23.5 Å². The molecule has 4 aromatic rings. The molecule has 1 N–H and O–H groups in total. The molecule has 1 amide bonds. The van der Waals surface area contributed by atoms with Crippen LogP contribution >= 0.6 is 11.3 Å². The first-order valence-electron chi connectivity index (χ1n) is 9.72. The number of anilines is 1. The second kappa shape index (κ2) is 7.21. The molecule has 0 spiro atoms. The predicted molar refractivity (Wildman–Crippen MR) is 118 cm³/mol. The predicted octanol–water partition coefficient (Wildman–Crippen LogP) is 5.29. The van der Waals surface area contributed by atoms with Gasteiger partial charge in [0.05, 0.1) is 28.1 Å². The summed E-state index contributed by atoms with van der Waals surface area (Å²) in [6.07, 6.45) is 1.39. The zero-order valence-electron chi connectivity index (χ0n) is 16.8. The standard InChI is InChI=1S/C24H18N2O4S/c1-13-5-8-15(9-6-13)20-19(21(27)17-4-3-11-30-17)22(28)23(29)26(20)24-25-16-10-7-14(2)12-18(16)31-24/h3-12,20,28H,1-2H3/t20-/m0/s1. The Hall–Kier alpha value is -3.71. The van der Waals surface area contributed by atoms with E-state index in [1.165, 1.54) is 28.6 Å². The van der Waals surface area contributed by atoms with E-state index in [0.29, 0.717) is 10.7 Å². The van der Waals surface area contributed by atoms with E-state index in [9.17, 15) is 14.7 Å². The van der Waals surface area contributed by atoms with E-state index >= 15 is 0 Å². The van der Waals surface area contributed by atoms with Gasteiger partial charge in [0.25, 0.3) is 5.91 Å². The minimum Gasteiger partial charge on any atom is -0.503 e. The van der Waals surface area contributed by atoms with Crippen molar-refractivity contribution in [1.29, 1.82) is 0 Å². The minimum atomic E-state index is -0.813. The van der Waals surface area contributed by atoms with E-state index in [4.69, 9.17) is 4.42 Å². The maximum atomic E-state index is 13.2. The number of carbonyl (C=O) groups is 2. The monoisotopic (exact) mass is 430 g/mol. The minimum absolute atomic E-state index is 0.0146. The molecule has 0 bridgehead atoms. The van der Waals surface area contributed by atoms with Gasteiger partial charge in [-0.1, -0.05) is 47.2 Å². The highest BCUT2D eigenvalue weighted by Gasteiger charge is 2.46. The lowest BCUT2D eigenvalue weighted by atomic mass is 9.94. The average Bonchev–Trinajstić information content (AvgIpc) is 3.47. The number of thiazole rings is 1. The van der Waals surface area contributed by atoms with Gasteiger partial charge in [0, 0.05) is 0 Å². The summed E-state index contributed by atoms with van der Waals surface area (Å²) >= 11 is 1.35. The lowest BCUT2D eigenvalue weighted by Gasteiger charge is -2.24. The molecule has 0 saturated carbocycles. The Bertz CT molecular complexity index is 1350. The van der Waals surface area contributed by atoms with Crippen molar-refractivity contribution < 1.29 is 19.1 Å². The zero-order valence-corrected chi connectivity index (χ0v) is 17.6. The number of carbonyl (C=O) groups excluding carboxylic acids is 2. The van der Waals surface area contributed by atoms with Crippen LogP contribution in [0.1, 0.15) is 33.3 Å². The van der Waals surface area contributed by atoms with E-state index in [1.54, 1.807) is 6.07 Å². The fourth-order valence-corrected chi connectivity index (χ4v) is 4.85. The van der Waals surface area contributed by atoms with Gasteiger partial charge in [-0.2, -0.15) is 0 Å². The molecule has 1 aliphatic rings. The van der Waals surface area contributed by atoms with Crippen molar-refractivity contribution in [3.63, 3.8) is 0 Å². The lowest BCUT2D eigenvalue weighted by molar-refractivity contribution is -0.117. The van der Waals surface area contributed by atoms with Gasteiger partial charge < -0.3 is 9.52 Å². The Balaban J connectivity index is 1.68. The van der Waals surface area contributed by atoms with Crippen molar-refractivity contribution >= 4 is 38.4 Å². The molecule has 0 fully saturated rings. The molecule has 1 aliphatic heterocycles. The Morgan fingerprint density at radius 1 is 1.10 bits per heavy atom. The van der Waals surface area contributed by atoms with Gasteiger partial charge in [0.2, 0.25) is 5.78 Å². The maximum Gasteiger partial charge on any atom is 0.296 e. The van der Waals surface area contributed by atoms with Crippen LogP contribution in [0.3, 0.4) is 0 Å². The molecule has 31 heavy (non-hydrogen) atoms. The van der Waals surface area contributed by atoms with Crippen molar-refractivity contribution in [2.24, 2.45) is 0 Å². The van der Waals surface area contributed by atoms with Crippen molar-refractivity contribution in [2.75, 3.05) is 4.90 Å². The number of aryl methyl sites for hydroxylation is 2. The molecule has 3 heterocycles. The summed E-state index contributed by atoms with van der Waals surface area (Å²) in [5.74, 6) is -1.70. The Kier molecular flexibility index (Phi) is 4.48. The Morgan fingerprint density at radius 3 is 2.55 bits per heavy atom. The number of benzene rings is 2. The van der Waals surface area contributed by atoms with Crippen LogP contribution in [-0.4, -0.2) is 21.8 Å². The molecule has 0 aliphatic carbocycles. The second-order valence-electron chi connectivity index (χ2n) is 7.52. The van der Waals surface area contributed by atoms with Crippen molar-refractivity contribution in [3.05, 3.63) is 94.6 Å². The molecular weight excluding hydrogens is 412 g/mol. The molecule has 2 aromatic carbocycles. The molecular formula is C24H18N2O4S. The van der Waals surface area contributed by atoms with Crippen LogP contribution in [0.5, 0.6) is 0 Å². The number of aliphatic hydroxyl groups is 1. The number of fused-ring (bicyclic) bond motifs is 1. The van der Waals surface area contributed by atoms with Crippen molar-refractivity contribution in [1.82, 2.24) is 4.98 Å². The summed E-state index contributed by atoms with van der Waals surface area (Å²) in [4.78, 5) is 32.4. The summed E-state index contributed by atoms with van der Waals surface area (Å²) in [6, 6.07) is 15.7. The molecule has 0 radical (unpaired) electrons. The van der Waals surface area contributed by atoms with Crippen LogP contribution in [-0.2, 0) is 4.79 Å². The van der Waals surface area contributed by atoms with Crippen molar-refractivity contribution in [3.8, 4) is 0 Å². The third-order valence-electron chi connectivity index (χ3n) is 5.33. The number of Topliss-reactive ketones (excluding diaryl/α,β-unsaturated/α-hetero) is 1. The number of aliphatic hydroxyl groups excluding tert-OH is 1. The first kappa shape index (κ1) is 19.3. The fourth-order valence-electron chi connectivity index (χ4n) is 3.76. The number of aromatic nitrogens is 1. The van der Waals surface area contributed by atoms with Gasteiger partial charge in [0.1, 0.15) is 0 Å². The summed E-state index contributed by atoms with van der Waals surface area (Å²) in [5.41, 5.74) is 3.57. The smallest absolute Gasteiger partial charge is 0.296 e. The zero-order chi connectivity index (χ0) is 21.7. The van der Waals surface area contributed by atoms with E-state index in [2.05, 4.69) is 4.98 Å². The van der Waals surface area contributed by atoms with E-state index in [1.807, 2.05) is 56.3 Å². The van der Waals surface area contributed by atoms with Crippen LogP contribution in [0, 0.1) is 13.8 Å². The molecule has 5 rings (SSSR count). The van der Waals surface area contributed by atoms with E-state index in [-0.39, 0.29) is 11.3 Å². The number of nitrogens with zero attached hydrogens (tertiary/aromatic N) is 2. The topological polar surface area (TPSA) is 83.6 Å². The molecule has 2 aromatic heterocycles. The van der Waals surface area contributed by atoms with Crippen LogP contribution in [0.25, 0.3) is 10.2 Å². The van der Waals surface area contributed by atoms with Crippen molar-refractivity contribution in [2.45, 2.75) is 19.9 Å². The summed E-state index contributed by atoms with van der Waals surface area (Å²) in [5, 5.41) is 11.2. The molecule has 0 unspecified atom stereocenters. The number of ketones is 1. The number of hydrogen-bond acceptors (Lipinski definition) is 6. The Labute approximate surface area is 182 Å². The molecule has 0 saturated heterocycles. The van der Waals surface area contributed by atoms with Crippen LogP contribution in [0.4, 0.5) is 5.13 Å². The number of hydrogen-bond donors (Lipinski definition) is 1. The first-order valence-corrected chi connectivity index (χ1v) is 10.5. The highest BCUT2D eigenvalue weighted by Crippen LogP contribution is 2.44. The first-order chi connectivity index (χ1) is 14.9. The highest BCUT2D eigenvalue weighted by atomic mass is 32.1. The Morgan fingerprint density at radius 2 is 1.84 bits per heavy atom. The van der Waals surface area contributed by atoms with Gasteiger partial charge in [-0.15, -0.1) is 0 Å². The van der Waals surface area contributed by atoms with Gasteiger partial charge in [0.15, 0.2) is 16.7 Å². The summed E-state index contributed by atoms with van der Waals surface area (Å²) in [7, 11) is 0. The van der Waals surface area contributed by atoms with E-state index in [0.717, 1.165) is 21.3 Å². The van der Waals surface area contributed by atoms with Crippen LogP contribution in [0.2, 0.25) is 0 Å². The number of amides is 1. The van der Waals surface area contributed by atoms with Gasteiger partial charge >= 0.3 is 0 Å². The van der Waals surface area contributed by atoms with Gasteiger partial charge in [-0.05, 0) is 49.2 Å². The quantitative estimate of drug-likeness (QED) is 0.445. The average molecular weight is 430 g/mol. The summed E-state index contributed by atoms with van der Waals surface area (Å²) in [6.45, 7) is 3.95. The third-order valence-corrected chi connectivity index (χ3v) is 6.35. The van der Waals surface area contributed by atoms with Crippen LogP contribution < -0.4 is 4.90 Å². The molecule has 154 valence electrons. The molecule has 6 nitrogen and oxygen atoms in total. The largest absolute Gasteiger partial charge is 0.503 e. The number of rotatable bonds is 4. The highest BCUT2D eigenvalue weighted by molar-refractivity contribution is 7.22. The second-order valence-corrected chi connectivity index (χ2v) is 8.53. The third kappa shape index (κ3) is 3.14. The SMILES string of the molecule is Cc1ccc([C@H]2C(C(=O)c3ccco3)=C(O)C(=O)N2c2nc3ccc(C)cc3s2)cc1.